The predicted octanol–water partition coefficient (Wildman–Crippen LogP) is 4.51. The second-order valence-corrected chi connectivity index (χ2v) is 5.48. The lowest BCUT2D eigenvalue weighted by Crippen LogP contribution is -2.12. The average Bonchev–Trinajstić information content (AvgIpc) is 3.11. The molecule has 1 aliphatic carbocycles. The van der Waals surface area contributed by atoms with Gasteiger partial charge in [0.2, 0.25) is 0 Å². The largest absolute Gasteiger partial charge is 0.490 e. The molecular formula is C16H16ClNO3. The number of carbonyl (C=O) groups excluding carboxylic acids is 1. The molecule has 1 heterocycles. The van der Waals surface area contributed by atoms with Gasteiger partial charge in [-0.2, -0.15) is 0 Å². The van der Waals surface area contributed by atoms with Gasteiger partial charge in [-0.25, -0.2) is 0 Å². The van der Waals surface area contributed by atoms with Crippen molar-refractivity contribution < 1.29 is 13.9 Å². The molecule has 0 atom stereocenters. The Bertz CT molecular complexity index is 632. The van der Waals surface area contributed by atoms with Gasteiger partial charge in [-0.3, -0.25) is 4.79 Å². The van der Waals surface area contributed by atoms with Crippen molar-refractivity contribution in [3.8, 4) is 5.75 Å². The lowest BCUT2D eigenvalue weighted by Gasteiger charge is -2.13. The predicted molar refractivity (Wildman–Crippen MR) is 81.0 cm³/mol. The van der Waals surface area contributed by atoms with E-state index in [9.17, 15) is 4.79 Å². The minimum absolute atomic E-state index is 0.183. The van der Waals surface area contributed by atoms with E-state index in [1.165, 1.54) is 25.0 Å². The minimum atomic E-state index is -0.333. The SMILES string of the molecule is O=C(Nc1cccc(OC2CCCC2)c1)c1ccc(Cl)o1. The quantitative estimate of drug-likeness (QED) is 0.904. The Labute approximate surface area is 128 Å². The number of rotatable bonds is 4. The number of halogens is 1. The molecule has 1 N–H and O–H groups in total. The first-order chi connectivity index (χ1) is 10.2. The van der Waals surface area contributed by atoms with E-state index in [1.54, 1.807) is 0 Å². The molecule has 0 aliphatic heterocycles. The van der Waals surface area contributed by atoms with Gasteiger partial charge >= 0.3 is 0 Å². The molecule has 1 aromatic carbocycles. The number of nitrogens with one attached hydrogen (secondary N) is 1. The molecule has 1 aromatic heterocycles. The zero-order chi connectivity index (χ0) is 14.7. The van der Waals surface area contributed by atoms with E-state index in [1.807, 2.05) is 24.3 Å². The van der Waals surface area contributed by atoms with Gasteiger partial charge < -0.3 is 14.5 Å². The number of carbonyl (C=O) groups is 1. The summed E-state index contributed by atoms with van der Waals surface area (Å²) in [5.41, 5.74) is 0.669. The smallest absolute Gasteiger partial charge is 0.291 e. The summed E-state index contributed by atoms with van der Waals surface area (Å²) >= 11 is 5.66. The molecule has 3 rings (SSSR count). The molecule has 4 nitrogen and oxygen atoms in total. The Morgan fingerprint density at radius 1 is 1.24 bits per heavy atom. The molecule has 2 aromatic rings. The van der Waals surface area contributed by atoms with Gasteiger partial charge in [0.15, 0.2) is 11.0 Å². The Morgan fingerprint density at radius 3 is 2.76 bits per heavy atom. The van der Waals surface area contributed by atoms with Crippen LogP contribution in [-0.2, 0) is 0 Å². The lowest BCUT2D eigenvalue weighted by atomic mass is 10.2. The van der Waals surface area contributed by atoms with Crippen molar-refractivity contribution in [2.75, 3.05) is 5.32 Å². The molecule has 1 aliphatic rings. The Hall–Kier alpha value is -1.94. The normalized spacial score (nSPS) is 15.1. The standard InChI is InChI=1S/C16H16ClNO3/c17-15-9-8-14(21-15)16(19)18-11-4-3-7-13(10-11)20-12-5-1-2-6-12/h3-4,7-10,12H,1-2,5-6H2,(H,18,19). The number of ether oxygens (including phenoxy) is 1. The van der Waals surface area contributed by atoms with Crippen LogP contribution in [0, 0.1) is 0 Å². The summed E-state index contributed by atoms with van der Waals surface area (Å²) in [4.78, 5) is 12.0. The summed E-state index contributed by atoms with van der Waals surface area (Å²) in [6.45, 7) is 0. The van der Waals surface area contributed by atoms with E-state index in [0.717, 1.165) is 18.6 Å². The van der Waals surface area contributed by atoms with Crippen LogP contribution < -0.4 is 10.1 Å². The van der Waals surface area contributed by atoms with Crippen molar-refractivity contribution >= 4 is 23.2 Å². The topological polar surface area (TPSA) is 51.5 Å². The monoisotopic (exact) mass is 305 g/mol. The van der Waals surface area contributed by atoms with Gasteiger partial charge in [-0.05, 0) is 61.5 Å². The number of hydrogen-bond donors (Lipinski definition) is 1. The van der Waals surface area contributed by atoms with Crippen LogP contribution in [0.15, 0.2) is 40.8 Å². The van der Waals surface area contributed by atoms with Gasteiger partial charge in [-0.15, -0.1) is 0 Å². The average molecular weight is 306 g/mol. The van der Waals surface area contributed by atoms with Crippen LogP contribution in [0.2, 0.25) is 5.22 Å². The molecule has 5 heteroatoms. The first-order valence-corrected chi connectivity index (χ1v) is 7.42. The molecule has 0 saturated heterocycles. The number of hydrogen-bond acceptors (Lipinski definition) is 3. The van der Waals surface area contributed by atoms with Gasteiger partial charge in [0.1, 0.15) is 5.75 Å². The fourth-order valence-electron chi connectivity index (χ4n) is 2.47. The molecule has 21 heavy (non-hydrogen) atoms. The second kappa shape index (κ2) is 6.22. The number of amides is 1. The molecule has 1 saturated carbocycles. The van der Waals surface area contributed by atoms with Crippen molar-refractivity contribution in [1.29, 1.82) is 0 Å². The number of anilines is 1. The second-order valence-electron chi connectivity index (χ2n) is 5.11. The Balaban J connectivity index is 1.66. The molecule has 0 radical (unpaired) electrons. The van der Waals surface area contributed by atoms with Crippen molar-refractivity contribution in [3.05, 3.63) is 47.4 Å². The van der Waals surface area contributed by atoms with Crippen molar-refractivity contribution in [3.63, 3.8) is 0 Å². The van der Waals surface area contributed by atoms with Crippen molar-refractivity contribution in [2.45, 2.75) is 31.8 Å². The zero-order valence-corrected chi connectivity index (χ0v) is 12.2. The highest BCUT2D eigenvalue weighted by molar-refractivity contribution is 6.29. The highest BCUT2D eigenvalue weighted by Crippen LogP contribution is 2.26. The summed E-state index contributed by atoms with van der Waals surface area (Å²) in [5, 5.41) is 2.96. The summed E-state index contributed by atoms with van der Waals surface area (Å²) in [6.07, 6.45) is 4.93. The summed E-state index contributed by atoms with van der Waals surface area (Å²) in [5.74, 6) is 0.624. The number of benzene rings is 1. The maximum atomic E-state index is 12.0. The van der Waals surface area contributed by atoms with E-state index < -0.39 is 0 Å². The lowest BCUT2D eigenvalue weighted by molar-refractivity contribution is 0.0997. The maximum absolute atomic E-state index is 12.0. The number of furan rings is 1. The van der Waals surface area contributed by atoms with Crippen molar-refractivity contribution in [2.24, 2.45) is 0 Å². The highest BCUT2D eigenvalue weighted by atomic mass is 35.5. The third kappa shape index (κ3) is 3.58. The molecular weight excluding hydrogens is 290 g/mol. The summed E-state index contributed by atoms with van der Waals surface area (Å²) in [6, 6.07) is 10.5. The molecule has 0 spiro atoms. The maximum Gasteiger partial charge on any atom is 0.291 e. The van der Waals surface area contributed by atoms with E-state index >= 15 is 0 Å². The zero-order valence-electron chi connectivity index (χ0n) is 11.5. The molecule has 0 unspecified atom stereocenters. The first kappa shape index (κ1) is 14.0. The van der Waals surface area contributed by atoms with E-state index in [0.29, 0.717) is 11.8 Å². The molecule has 1 fully saturated rings. The van der Waals surface area contributed by atoms with Gasteiger partial charge in [0.05, 0.1) is 6.10 Å². The van der Waals surface area contributed by atoms with E-state index in [2.05, 4.69) is 5.32 Å². The Morgan fingerprint density at radius 2 is 2.05 bits per heavy atom. The molecule has 0 bridgehead atoms. The van der Waals surface area contributed by atoms with Crippen LogP contribution in [0.3, 0.4) is 0 Å². The summed E-state index contributed by atoms with van der Waals surface area (Å²) < 4.78 is 11.0. The fourth-order valence-corrected chi connectivity index (χ4v) is 2.62. The first-order valence-electron chi connectivity index (χ1n) is 7.04. The molecule has 110 valence electrons. The van der Waals surface area contributed by atoms with Crippen LogP contribution in [0.1, 0.15) is 36.2 Å². The molecule has 1 amide bonds. The van der Waals surface area contributed by atoms with Gasteiger partial charge in [-0.1, -0.05) is 6.07 Å². The van der Waals surface area contributed by atoms with Crippen molar-refractivity contribution in [1.82, 2.24) is 0 Å². The highest BCUT2D eigenvalue weighted by Gasteiger charge is 2.17. The van der Waals surface area contributed by atoms with Crippen LogP contribution in [-0.4, -0.2) is 12.0 Å². The van der Waals surface area contributed by atoms with Gasteiger partial charge in [0, 0.05) is 11.8 Å². The fraction of sp³-hybridized carbons (Fsp3) is 0.312. The van der Waals surface area contributed by atoms with E-state index in [-0.39, 0.29) is 16.9 Å². The third-order valence-corrected chi connectivity index (χ3v) is 3.70. The van der Waals surface area contributed by atoms with Crippen LogP contribution in [0.4, 0.5) is 5.69 Å². The Kier molecular flexibility index (Phi) is 4.15. The van der Waals surface area contributed by atoms with Gasteiger partial charge in [0.25, 0.3) is 5.91 Å². The van der Waals surface area contributed by atoms with E-state index in [4.69, 9.17) is 20.8 Å². The van der Waals surface area contributed by atoms with Crippen LogP contribution in [0.25, 0.3) is 0 Å². The van der Waals surface area contributed by atoms with Crippen LogP contribution >= 0.6 is 11.6 Å². The minimum Gasteiger partial charge on any atom is -0.490 e. The van der Waals surface area contributed by atoms with Crippen LogP contribution in [0.5, 0.6) is 5.75 Å². The summed E-state index contributed by atoms with van der Waals surface area (Å²) in [7, 11) is 0. The third-order valence-electron chi connectivity index (χ3n) is 3.49.